The van der Waals surface area contributed by atoms with Crippen LogP contribution in [0.3, 0.4) is 0 Å². The monoisotopic (exact) mass is 357 g/mol. The molecular weight excluding hydrogens is 326 g/mol. The molecule has 138 valence electrons. The van der Waals surface area contributed by atoms with Gasteiger partial charge in [-0.15, -0.1) is 0 Å². The second-order valence-electron chi connectivity index (χ2n) is 5.87. The van der Waals surface area contributed by atoms with E-state index in [1.54, 1.807) is 43.0 Å². The standard InChI is InChI=1S/C15H25N3O3S.C2H6/c1-15(2,17)14(22)13(21)10-5-3-4-6-11(10)18(8-7-16)9-12(19)20;1-2/h3-6,13-14,21-22H,7-9,16-17H2,1-2H3,(H,19,20);1-2H3. The number of benzene rings is 1. The Morgan fingerprint density at radius 2 is 1.88 bits per heavy atom. The van der Waals surface area contributed by atoms with Gasteiger partial charge in [-0.3, -0.25) is 4.79 Å². The van der Waals surface area contributed by atoms with Gasteiger partial charge in [0.2, 0.25) is 0 Å². The number of carboxylic acids is 1. The van der Waals surface area contributed by atoms with Crippen LogP contribution in [0.2, 0.25) is 0 Å². The molecule has 6 N–H and O–H groups in total. The van der Waals surface area contributed by atoms with Crippen molar-refractivity contribution in [3.63, 3.8) is 0 Å². The zero-order chi connectivity index (χ0) is 18.9. The lowest BCUT2D eigenvalue weighted by Crippen LogP contribution is -2.45. The number of anilines is 1. The highest BCUT2D eigenvalue weighted by molar-refractivity contribution is 7.81. The molecule has 0 amide bonds. The number of carbonyl (C=O) groups is 1. The summed E-state index contributed by atoms with van der Waals surface area (Å²) in [5.74, 6) is -0.959. The van der Waals surface area contributed by atoms with E-state index >= 15 is 0 Å². The van der Waals surface area contributed by atoms with Crippen molar-refractivity contribution >= 4 is 24.3 Å². The van der Waals surface area contributed by atoms with Crippen LogP contribution in [0.4, 0.5) is 5.69 Å². The van der Waals surface area contributed by atoms with Crippen LogP contribution < -0.4 is 16.4 Å². The van der Waals surface area contributed by atoms with Crippen LogP contribution in [-0.4, -0.2) is 46.6 Å². The van der Waals surface area contributed by atoms with E-state index < -0.39 is 22.9 Å². The lowest BCUT2D eigenvalue weighted by atomic mass is 9.92. The maximum absolute atomic E-state index is 11.1. The zero-order valence-corrected chi connectivity index (χ0v) is 15.8. The Kier molecular flexibility index (Phi) is 9.99. The average molecular weight is 358 g/mol. The second kappa shape index (κ2) is 10.6. The first-order chi connectivity index (χ1) is 11.2. The molecule has 0 bridgehead atoms. The molecule has 0 saturated heterocycles. The molecule has 0 aromatic heterocycles. The van der Waals surface area contributed by atoms with Gasteiger partial charge in [-0.1, -0.05) is 32.0 Å². The first kappa shape index (κ1) is 22.7. The molecule has 0 heterocycles. The minimum atomic E-state index is -0.959. The largest absolute Gasteiger partial charge is 0.480 e. The zero-order valence-electron chi connectivity index (χ0n) is 14.9. The van der Waals surface area contributed by atoms with Crippen LogP contribution in [0.1, 0.15) is 39.4 Å². The molecule has 1 rings (SSSR count). The van der Waals surface area contributed by atoms with Gasteiger partial charge < -0.3 is 26.6 Å². The second-order valence-corrected chi connectivity index (χ2v) is 6.43. The van der Waals surface area contributed by atoms with Gasteiger partial charge in [0.05, 0.1) is 6.10 Å². The summed E-state index contributed by atoms with van der Waals surface area (Å²) in [6, 6.07) is 7.09. The quantitative estimate of drug-likeness (QED) is 0.452. The van der Waals surface area contributed by atoms with Crippen molar-refractivity contribution in [2.75, 3.05) is 24.5 Å². The molecule has 0 fully saturated rings. The summed E-state index contributed by atoms with van der Waals surface area (Å²) in [6.07, 6.45) is -0.923. The molecule has 24 heavy (non-hydrogen) atoms. The topological polar surface area (TPSA) is 113 Å². The third-order valence-electron chi connectivity index (χ3n) is 3.38. The highest BCUT2D eigenvalue weighted by Gasteiger charge is 2.31. The molecule has 0 spiro atoms. The van der Waals surface area contributed by atoms with Crippen molar-refractivity contribution in [1.29, 1.82) is 0 Å². The van der Waals surface area contributed by atoms with Crippen LogP contribution in [-0.2, 0) is 4.79 Å². The summed E-state index contributed by atoms with van der Waals surface area (Å²) < 4.78 is 0. The summed E-state index contributed by atoms with van der Waals surface area (Å²) in [6.45, 7) is 8.06. The fraction of sp³-hybridized carbons (Fsp3) is 0.588. The predicted octanol–water partition coefficient (Wildman–Crippen LogP) is 1.63. The van der Waals surface area contributed by atoms with Crippen molar-refractivity contribution in [2.24, 2.45) is 11.5 Å². The molecule has 0 aliphatic carbocycles. The molecule has 7 heteroatoms. The van der Waals surface area contributed by atoms with E-state index in [0.29, 0.717) is 24.3 Å². The SMILES string of the molecule is CC.CC(C)(N)C(S)C(O)c1ccccc1N(CCN)CC(=O)O. The molecule has 2 atom stereocenters. The van der Waals surface area contributed by atoms with E-state index in [2.05, 4.69) is 12.6 Å². The van der Waals surface area contributed by atoms with Crippen molar-refractivity contribution in [3.05, 3.63) is 29.8 Å². The maximum atomic E-state index is 11.1. The van der Waals surface area contributed by atoms with Crippen molar-refractivity contribution in [2.45, 2.75) is 44.6 Å². The Morgan fingerprint density at radius 3 is 2.33 bits per heavy atom. The van der Waals surface area contributed by atoms with E-state index in [-0.39, 0.29) is 6.54 Å². The molecule has 6 nitrogen and oxygen atoms in total. The third kappa shape index (κ3) is 6.68. The Morgan fingerprint density at radius 1 is 1.33 bits per heavy atom. The van der Waals surface area contributed by atoms with Crippen molar-refractivity contribution in [3.8, 4) is 0 Å². The summed E-state index contributed by atoms with van der Waals surface area (Å²) in [5, 5.41) is 19.2. The predicted molar refractivity (Wildman–Crippen MR) is 103 cm³/mol. The van der Waals surface area contributed by atoms with E-state index in [0.717, 1.165) is 0 Å². The fourth-order valence-corrected chi connectivity index (χ4v) is 2.37. The van der Waals surface area contributed by atoms with Gasteiger partial charge in [-0.2, -0.15) is 12.6 Å². The number of hydrogen-bond acceptors (Lipinski definition) is 6. The smallest absolute Gasteiger partial charge is 0.323 e. The van der Waals surface area contributed by atoms with E-state index in [4.69, 9.17) is 16.6 Å². The first-order valence-corrected chi connectivity index (χ1v) is 8.61. The van der Waals surface area contributed by atoms with Gasteiger partial charge in [0.25, 0.3) is 0 Å². The van der Waals surface area contributed by atoms with Gasteiger partial charge in [0.1, 0.15) is 6.54 Å². The average Bonchev–Trinajstić information content (AvgIpc) is 2.53. The Balaban J connectivity index is 0.00000254. The number of aliphatic hydroxyl groups is 1. The molecule has 0 radical (unpaired) electrons. The summed E-state index contributed by atoms with van der Waals surface area (Å²) >= 11 is 4.42. The fourth-order valence-electron chi connectivity index (χ4n) is 2.21. The summed E-state index contributed by atoms with van der Waals surface area (Å²) in [7, 11) is 0. The van der Waals surface area contributed by atoms with Crippen LogP contribution in [0.5, 0.6) is 0 Å². The Bertz CT molecular complexity index is 506. The van der Waals surface area contributed by atoms with Gasteiger partial charge >= 0.3 is 5.97 Å². The van der Waals surface area contributed by atoms with Crippen molar-refractivity contribution in [1.82, 2.24) is 0 Å². The normalized spacial score (nSPS) is 13.5. The number of aliphatic hydroxyl groups excluding tert-OH is 1. The molecule has 1 aromatic rings. The molecule has 2 unspecified atom stereocenters. The van der Waals surface area contributed by atoms with Crippen molar-refractivity contribution < 1.29 is 15.0 Å². The van der Waals surface area contributed by atoms with Crippen LogP contribution in [0.25, 0.3) is 0 Å². The Labute approximate surface area is 150 Å². The van der Waals surface area contributed by atoms with E-state index in [1.165, 1.54) is 0 Å². The van der Waals surface area contributed by atoms with Gasteiger partial charge in [0.15, 0.2) is 0 Å². The number of thiol groups is 1. The van der Waals surface area contributed by atoms with E-state index in [1.807, 2.05) is 13.8 Å². The van der Waals surface area contributed by atoms with Crippen LogP contribution in [0.15, 0.2) is 24.3 Å². The van der Waals surface area contributed by atoms with Crippen LogP contribution >= 0.6 is 12.6 Å². The van der Waals surface area contributed by atoms with Gasteiger partial charge in [0, 0.05) is 35.1 Å². The molecule has 0 saturated carbocycles. The molecule has 0 aliphatic heterocycles. The number of para-hydroxylation sites is 1. The number of nitrogens with two attached hydrogens (primary N) is 2. The summed E-state index contributed by atoms with van der Waals surface area (Å²) in [5.41, 5.74) is 12.1. The Hall–Kier alpha value is -1.28. The lowest BCUT2D eigenvalue weighted by Gasteiger charge is -2.33. The lowest BCUT2D eigenvalue weighted by molar-refractivity contribution is -0.135. The van der Waals surface area contributed by atoms with Gasteiger partial charge in [-0.05, 0) is 19.9 Å². The maximum Gasteiger partial charge on any atom is 0.323 e. The number of carboxylic acid groups (broad SMARTS) is 1. The number of aliphatic carboxylic acids is 1. The van der Waals surface area contributed by atoms with Gasteiger partial charge in [-0.25, -0.2) is 0 Å². The minimum Gasteiger partial charge on any atom is -0.480 e. The first-order valence-electron chi connectivity index (χ1n) is 8.09. The summed E-state index contributed by atoms with van der Waals surface area (Å²) in [4.78, 5) is 12.7. The third-order valence-corrected chi connectivity index (χ3v) is 4.33. The highest BCUT2D eigenvalue weighted by Crippen LogP contribution is 2.33. The van der Waals surface area contributed by atoms with Crippen LogP contribution in [0, 0.1) is 0 Å². The molecule has 0 aliphatic rings. The molecular formula is C17H31N3O3S. The highest BCUT2D eigenvalue weighted by atomic mass is 32.1. The minimum absolute atomic E-state index is 0.190. The number of hydrogen-bond donors (Lipinski definition) is 5. The number of rotatable bonds is 8. The molecule has 1 aromatic carbocycles. The number of nitrogens with zero attached hydrogens (tertiary/aromatic N) is 1. The van der Waals surface area contributed by atoms with E-state index in [9.17, 15) is 9.90 Å².